The first-order valence-corrected chi connectivity index (χ1v) is 2.99. The zero-order chi connectivity index (χ0) is 5.86. The smallest absolute Gasteiger partial charge is 0.0244 e. The largest absolute Gasteiger partial charge is 0.326 e. The molecule has 8 heavy (non-hydrogen) atoms. The van der Waals surface area contributed by atoms with Gasteiger partial charge in [-0.05, 0) is 13.8 Å². The summed E-state index contributed by atoms with van der Waals surface area (Å²) in [4.78, 5) is 0. The van der Waals surface area contributed by atoms with Crippen molar-refractivity contribution < 1.29 is 0 Å². The summed E-state index contributed by atoms with van der Waals surface area (Å²) >= 11 is 3.30. The second-order valence-electron chi connectivity index (χ2n) is 1.61. The quantitative estimate of drug-likeness (QED) is 0.689. The van der Waals surface area contributed by atoms with E-state index in [0.29, 0.717) is 6.54 Å². The molecule has 0 heterocycles. The molecule has 50 valence electrons. The molecule has 0 rings (SSSR count). The van der Waals surface area contributed by atoms with E-state index in [1.54, 1.807) is 0 Å². The van der Waals surface area contributed by atoms with Crippen molar-refractivity contribution in [1.29, 1.82) is 0 Å². The van der Waals surface area contributed by atoms with Crippen LogP contribution in [0.1, 0.15) is 13.8 Å². The topological polar surface area (TPSA) is 26.0 Å². The summed E-state index contributed by atoms with van der Waals surface area (Å²) in [6.45, 7) is 4.66. The molecule has 0 radical (unpaired) electrons. The Balaban J connectivity index is 0. The minimum absolute atomic E-state index is 0. The molecule has 0 bridgehead atoms. The van der Waals surface area contributed by atoms with E-state index in [2.05, 4.69) is 15.9 Å². The van der Waals surface area contributed by atoms with Gasteiger partial charge >= 0.3 is 0 Å². The fraction of sp³-hybridized carbons (Fsp3) is 0.600. The Labute approximate surface area is 64.9 Å². The Bertz CT molecular complexity index is 86.4. The fourth-order valence-electron chi connectivity index (χ4n) is 0.204. The van der Waals surface area contributed by atoms with Crippen LogP contribution in [0.4, 0.5) is 0 Å². The van der Waals surface area contributed by atoms with E-state index in [-0.39, 0.29) is 12.4 Å². The van der Waals surface area contributed by atoms with Crippen molar-refractivity contribution in [3.63, 3.8) is 0 Å². The van der Waals surface area contributed by atoms with Gasteiger partial charge in [0.05, 0.1) is 0 Å². The van der Waals surface area contributed by atoms with Crippen LogP contribution in [0.25, 0.3) is 0 Å². The third-order valence-corrected chi connectivity index (χ3v) is 1.84. The van der Waals surface area contributed by atoms with E-state index in [1.165, 1.54) is 5.57 Å². The van der Waals surface area contributed by atoms with Gasteiger partial charge in [0.25, 0.3) is 0 Å². The molecular weight excluding hydrogens is 189 g/mol. The van der Waals surface area contributed by atoms with Gasteiger partial charge in [-0.1, -0.05) is 21.5 Å². The van der Waals surface area contributed by atoms with Gasteiger partial charge in [-0.15, -0.1) is 12.4 Å². The molecule has 2 N–H and O–H groups in total. The highest BCUT2D eigenvalue weighted by Gasteiger charge is 1.85. The van der Waals surface area contributed by atoms with E-state index >= 15 is 0 Å². The average molecular weight is 201 g/mol. The van der Waals surface area contributed by atoms with Crippen molar-refractivity contribution in [2.45, 2.75) is 13.8 Å². The van der Waals surface area contributed by atoms with Crippen LogP contribution >= 0.6 is 28.3 Å². The molecule has 0 spiro atoms. The molecule has 0 saturated heterocycles. The molecule has 1 nitrogen and oxygen atoms in total. The Hall–Kier alpha value is 0.470. The number of nitrogens with two attached hydrogens (primary N) is 1. The van der Waals surface area contributed by atoms with Crippen molar-refractivity contribution in [1.82, 2.24) is 0 Å². The molecule has 0 aromatic heterocycles. The van der Waals surface area contributed by atoms with Gasteiger partial charge < -0.3 is 5.73 Å². The zero-order valence-electron chi connectivity index (χ0n) is 5.07. The van der Waals surface area contributed by atoms with Gasteiger partial charge in [0.1, 0.15) is 0 Å². The van der Waals surface area contributed by atoms with Gasteiger partial charge in [0, 0.05) is 11.0 Å². The van der Waals surface area contributed by atoms with Gasteiger partial charge in [0.2, 0.25) is 0 Å². The molecule has 0 atom stereocenters. The van der Waals surface area contributed by atoms with Crippen LogP contribution in [0.3, 0.4) is 0 Å². The molecule has 0 fully saturated rings. The maximum Gasteiger partial charge on any atom is 0.0244 e. The monoisotopic (exact) mass is 199 g/mol. The molecule has 0 aromatic carbocycles. The lowest BCUT2D eigenvalue weighted by Crippen LogP contribution is -1.98. The molecule has 0 aromatic rings. The fourth-order valence-corrected chi connectivity index (χ4v) is 0.204. The first kappa shape index (κ1) is 11.3. The van der Waals surface area contributed by atoms with E-state index in [9.17, 15) is 0 Å². The van der Waals surface area contributed by atoms with Gasteiger partial charge in [0.15, 0.2) is 0 Å². The maximum atomic E-state index is 5.27. The number of allylic oxidation sites excluding steroid dienone is 1. The van der Waals surface area contributed by atoms with Crippen molar-refractivity contribution >= 4 is 28.3 Å². The SMILES string of the molecule is CC(C)=C(Br)CN.Cl. The zero-order valence-corrected chi connectivity index (χ0v) is 7.47. The molecular formula is C5H11BrClN. The van der Waals surface area contributed by atoms with E-state index in [1.807, 2.05) is 13.8 Å². The highest BCUT2D eigenvalue weighted by molar-refractivity contribution is 9.11. The van der Waals surface area contributed by atoms with Crippen LogP contribution in [0.2, 0.25) is 0 Å². The van der Waals surface area contributed by atoms with E-state index in [0.717, 1.165) is 4.48 Å². The van der Waals surface area contributed by atoms with Crippen LogP contribution in [0, 0.1) is 0 Å². The normalized spacial score (nSPS) is 7.50. The van der Waals surface area contributed by atoms with Gasteiger partial charge in [-0.25, -0.2) is 0 Å². The third-order valence-electron chi connectivity index (χ3n) is 0.722. The molecule has 0 aliphatic heterocycles. The average Bonchev–Trinajstić information content (AvgIpc) is 1.65. The lowest BCUT2D eigenvalue weighted by Gasteiger charge is -1.92. The Morgan fingerprint density at radius 2 is 1.88 bits per heavy atom. The van der Waals surface area contributed by atoms with Crippen LogP contribution < -0.4 is 5.73 Å². The minimum atomic E-state index is 0. The van der Waals surface area contributed by atoms with Crippen LogP contribution in [0.15, 0.2) is 10.1 Å². The Morgan fingerprint density at radius 3 is 1.88 bits per heavy atom. The summed E-state index contributed by atoms with van der Waals surface area (Å²) in [6, 6.07) is 0. The molecule has 0 aliphatic rings. The van der Waals surface area contributed by atoms with E-state index in [4.69, 9.17) is 5.73 Å². The lowest BCUT2D eigenvalue weighted by atomic mass is 10.3. The first-order chi connectivity index (χ1) is 3.18. The Kier molecular flexibility index (Phi) is 7.91. The second kappa shape index (κ2) is 5.60. The summed E-state index contributed by atoms with van der Waals surface area (Å²) in [5.74, 6) is 0. The molecule has 0 amide bonds. The summed E-state index contributed by atoms with van der Waals surface area (Å²) in [7, 11) is 0. The molecule has 0 aliphatic carbocycles. The summed E-state index contributed by atoms with van der Waals surface area (Å²) in [5, 5.41) is 0. The van der Waals surface area contributed by atoms with Crippen molar-refractivity contribution in [3.05, 3.63) is 10.1 Å². The third kappa shape index (κ3) is 4.62. The highest BCUT2D eigenvalue weighted by Crippen LogP contribution is 2.07. The van der Waals surface area contributed by atoms with E-state index < -0.39 is 0 Å². The first-order valence-electron chi connectivity index (χ1n) is 2.20. The predicted molar refractivity (Wildman–Crippen MR) is 43.6 cm³/mol. The van der Waals surface area contributed by atoms with Crippen LogP contribution in [-0.2, 0) is 0 Å². The number of rotatable bonds is 1. The predicted octanol–water partition coefficient (Wildman–Crippen LogP) is 2.06. The lowest BCUT2D eigenvalue weighted by molar-refractivity contribution is 1.19. The summed E-state index contributed by atoms with van der Waals surface area (Å²) < 4.78 is 1.10. The standard InChI is InChI=1S/C5H10BrN.ClH/c1-4(2)5(6)3-7;/h3,7H2,1-2H3;1H. The number of hydrogen-bond acceptors (Lipinski definition) is 1. The highest BCUT2D eigenvalue weighted by atomic mass is 79.9. The summed E-state index contributed by atoms with van der Waals surface area (Å²) in [5.41, 5.74) is 6.52. The van der Waals surface area contributed by atoms with Gasteiger partial charge in [-0.2, -0.15) is 0 Å². The summed E-state index contributed by atoms with van der Waals surface area (Å²) in [6.07, 6.45) is 0. The van der Waals surface area contributed by atoms with Crippen LogP contribution in [0.5, 0.6) is 0 Å². The minimum Gasteiger partial charge on any atom is -0.326 e. The molecule has 3 heteroatoms. The van der Waals surface area contributed by atoms with Crippen molar-refractivity contribution in [3.8, 4) is 0 Å². The number of hydrogen-bond donors (Lipinski definition) is 1. The molecule has 0 saturated carbocycles. The second-order valence-corrected chi connectivity index (χ2v) is 2.57. The van der Waals surface area contributed by atoms with Crippen molar-refractivity contribution in [2.75, 3.05) is 6.54 Å². The van der Waals surface area contributed by atoms with Crippen molar-refractivity contribution in [2.24, 2.45) is 5.73 Å². The van der Waals surface area contributed by atoms with Crippen LogP contribution in [-0.4, -0.2) is 6.54 Å². The van der Waals surface area contributed by atoms with Gasteiger partial charge in [-0.3, -0.25) is 0 Å². The maximum absolute atomic E-state index is 5.27. The number of halogens is 2. The Morgan fingerprint density at radius 1 is 1.50 bits per heavy atom. The molecule has 0 unspecified atom stereocenters.